The molecule has 2 heterocycles. The number of rotatable bonds is 7. The summed E-state index contributed by atoms with van der Waals surface area (Å²) in [6, 6.07) is 11.1. The molecule has 142 valence electrons. The van der Waals surface area contributed by atoms with Gasteiger partial charge in [-0.05, 0) is 19.4 Å². The molecular weight excluding hydrogens is 344 g/mol. The fourth-order valence-corrected chi connectivity index (χ4v) is 2.75. The number of aromatic nitrogens is 3. The maximum absolute atomic E-state index is 12.4. The second kappa shape index (κ2) is 8.50. The molecular formula is C19H24N6O2. The van der Waals surface area contributed by atoms with Crippen molar-refractivity contribution < 1.29 is 9.53 Å². The highest BCUT2D eigenvalue weighted by molar-refractivity contribution is 5.94. The molecule has 0 bridgehead atoms. The molecule has 8 heteroatoms. The van der Waals surface area contributed by atoms with Crippen LogP contribution in [0.25, 0.3) is 10.9 Å². The van der Waals surface area contributed by atoms with Crippen LogP contribution in [0.15, 0.2) is 42.6 Å². The number of nitrogens with one attached hydrogen (secondary N) is 4. The summed E-state index contributed by atoms with van der Waals surface area (Å²) in [4.78, 5) is 16.7. The predicted molar refractivity (Wildman–Crippen MR) is 106 cm³/mol. The number of hydrogen-bond donors (Lipinski definition) is 4. The Morgan fingerprint density at radius 2 is 2.04 bits per heavy atom. The zero-order valence-corrected chi connectivity index (χ0v) is 15.6. The van der Waals surface area contributed by atoms with Gasteiger partial charge in [0.25, 0.3) is 0 Å². The van der Waals surface area contributed by atoms with Crippen LogP contribution in [-0.4, -0.2) is 41.0 Å². The van der Waals surface area contributed by atoms with E-state index in [-0.39, 0.29) is 18.1 Å². The maximum Gasteiger partial charge on any atom is 0.320 e. The monoisotopic (exact) mass is 368 g/mol. The summed E-state index contributed by atoms with van der Waals surface area (Å²) in [5.41, 5.74) is 1.76. The number of carbonyl (C=O) groups excluding carboxylic acids is 1. The van der Waals surface area contributed by atoms with Crippen LogP contribution < -0.4 is 16.0 Å². The number of aromatic amines is 1. The molecule has 2 aromatic heterocycles. The lowest BCUT2D eigenvalue weighted by atomic mass is 10.1. The number of ether oxygens (including phenoxy) is 1. The molecule has 0 aliphatic heterocycles. The number of anilines is 2. The van der Waals surface area contributed by atoms with Gasteiger partial charge in [-0.3, -0.25) is 10.4 Å². The fourth-order valence-electron chi connectivity index (χ4n) is 2.75. The van der Waals surface area contributed by atoms with Gasteiger partial charge >= 0.3 is 6.03 Å². The Morgan fingerprint density at radius 1 is 1.26 bits per heavy atom. The van der Waals surface area contributed by atoms with Crippen molar-refractivity contribution in [1.29, 1.82) is 0 Å². The minimum absolute atomic E-state index is 0.256. The normalized spacial score (nSPS) is 12.1. The molecule has 2 amide bonds. The van der Waals surface area contributed by atoms with Crippen molar-refractivity contribution in [3.63, 3.8) is 0 Å². The molecule has 4 N–H and O–H groups in total. The lowest BCUT2D eigenvalue weighted by molar-refractivity contribution is 0.168. The summed E-state index contributed by atoms with van der Waals surface area (Å²) in [6.45, 7) is 4.45. The quantitative estimate of drug-likeness (QED) is 0.512. The van der Waals surface area contributed by atoms with Crippen molar-refractivity contribution in [2.75, 3.05) is 24.4 Å². The van der Waals surface area contributed by atoms with Gasteiger partial charge in [0, 0.05) is 25.4 Å². The van der Waals surface area contributed by atoms with E-state index in [9.17, 15) is 4.79 Å². The molecule has 0 aliphatic rings. The van der Waals surface area contributed by atoms with E-state index >= 15 is 0 Å². The Balaban J connectivity index is 1.69. The number of nitrogens with zero attached hydrogens (tertiary/aromatic N) is 2. The number of H-pyrrole nitrogens is 1. The molecule has 0 fully saturated rings. The van der Waals surface area contributed by atoms with Crippen LogP contribution in [-0.2, 0) is 4.74 Å². The standard InChI is InChI=1S/C19H24N6O2/c1-12(2)21-18-14-10-20-17(9-15(14)24-25-18)23-19(26)22-16(11-27-3)13-7-5-4-6-8-13/h4-10,12,16H,11H2,1-3H3,(H2,21,24,25)(H2,20,22,23,26). The van der Waals surface area contributed by atoms with Gasteiger partial charge in [0.05, 0.1) is 23.6 Å². The molecule has 1 aromatic carbocycles. The summed E-state index contributed by atoms with van der Waals surface area (Å²) in [5, 5.41) is 17.0. The first-order valence-electron chi connectivity index (χ1n) is 8.79. The van der Waals surface area contributed by atoms with Crippen molar-refractivity contribution in [3.05, 3.63) is 48.2 Å². The molecule has 0 aliphatic carbocycles. The second-order valence-corrected chi connectivity index (χ2v) is 6.50. The average molecular weight is 368 g/mol. The highest BCUT2D eigenvalue weighted by Crippen LogP contribution is 2.22. The molecule has 1 unspecified atom stereocenters. The average Bonchev–Trinajstić information content (AvgIpc) is 3.03. The van der Waals surface area contributed by atoms with Crippen LogP contribution in [0.4, 0.5) is 16.4 Å². The highest BCUT2D eigenvalue weighted by atomic mass is 16.5. The number of hydrogen-bond acceptors (Lipinski definition) is 5. The van der Waals surface area contributed by atoms with E-state index in [2.05, 4.69) is 31.1 Å². The lowest BCUT2D eigenvalue weighted by Crippen LogP contribution is -2.35. The predicted octanol–water partition coefficient (Wildman–Crippen LogP) is 3.29. The van der Waals surface area contributed by atoms with Gasteiger partial charge in [-0.25, -0.2) is 9.78 Å². The van der Waals surface area contributed by atoms with Crippen molar-refractivity contribution in [2.45, 2.75) is 25.9 Å². The van der Waals surface area contributed by atoms with Crippen molar-refractivity contribution >= 4 is 28.6 Å². The minimum atomic E-state index is -0.354. The SMILES string of the molecule is COCC(NC(=O)Nc1cc2[nH]nc(NC(C)C)c2cn1)c1ccccc1. The van der Waals surface area contributed by atoms with Crippen molar-refractivity contribution in [3.8, 4) is 0 Å². The number of carbonyl (C=O) groups is 1. The smallest absolute Gasteiger partial charge is 0.320 e. The fraction of sp³-hybridized carbons (Fsp3) is 0.316. The third-order valence-corrected chi connectivity index (χ3v) is 3.95. The van der Waals surface area contributed by atoms with Gasteiger partial charge in [-0.15, -0.1) is 0 Å². The number of urea groups is 1. The molecule has 0 saturated heterocycles. The molecule has 0 radical (unpaired) electrons. The van der Waals surface area contributed by atoms with Crippen LogP contribution in [0, 0.1) is 0 Å². The van der Waals surface area contributed by atoms with Gasteiger partial charge < -0.3 is 15.4 Å². The number of amides is 2. The van der Waals surface area contributed by atoms with Gasteiger partial charge in [0.15, 0.2) is 5.82 Å². The Hall–Kier alpha value is -3.13. The van der Waals surface area contributed by atoms with E-state index in [0.717, 1.165) is 22.3 Å². The van der Waals surface area contributed by atoms with Gasteiger partial charge in [-0.1, -0.05) is 30.3 Å². The van der Waals surface area contributed by atoms with Crippen LogP contribution in [0.2, 0.25) is 0 Å². The topological polar surface area (TPSA) is 104 Å². The highest BCUT2D eigenvalue weighted by Gasteiger charge is 2.15. The van der Waals surface area contributed by atoms with E-state index in [1.54, 1.807) is 19.4 Å². The van der Waals surface area contributed by atoms with Crippen LogP contribution >= 0.6 is 0 Å². The molecule has 3 rings (SSSR count). The zero-order valence-electron chi connectivity index (χ0n) is 15.6. The number of methoxy groups -OCH3 is 1. The molecule has 0 saturated carbocycles. The van der Waals surface area contributed by atoms with Crippen molar-refractivity contribution in [2.24, 2.45) is 0 Å². The first-order valence-corrected chi connectivity index (χ1v) is 8.79. The van der Waals surface area contributed by atoms with Crippen LogP contribution in [0.5, 0.6) is 0 Å². The summed E-state index contributed by atoms with van der Waals surface area (Å²) < 4.78 is 5.22. The van der Waals surface area contributed by atoms with Crippen LogP contribution in [0.1, 0.15) is 25.5 Å². The third kappa shape index (κ3) is 4.73. The Kier molecular flexibility index (Phi) is 5.87. The Bertz CT molecular complexity index is 894. The largest absolute Gasteiger partial charge is 0.382 e. The number of fused-ring (bicyclic) bond motifs is 1. The molecule has 3 aromatic rings. The van der Waals surface area contributed by atoms with E-state index in [1.165, 1.54) is 0 Å². The first kappa shape index (κ1) is 18.7. The van der Waals surface area contributed by atoms with Gasteiger partial charge in [0.1, 0.15) is 5.82 Å². The van der Waals surface area contributed by atoms with E-state index in [4.69, 9.17) is 4.74 Å². The zero-order chi connectivity index (χ0) is 19.2. The minimum Gasteiger partial charge on any atom is -0.382 e. The van der Waals surface area contributed by atoms with Gasteiger partial charge in [-0.2, -0.15) is 5.10 Å². The van der Waals surface area contributed by atoms with Gasteiger partial charge in [0.2, 0.25) is 0 Å². The number of pyridine rings is 1. The summed E-state index contributed by atoms with van der Waals surface area (Å²) >= 11 is 0. The van der Waals surface area contributed by atoms with Crippen LogP contribution in [0.3, 0.4) is 0 Å². The maximum atomic E-state index is 12.4. The Labute approximate surface area is 157 Å². The summed E-state index contributed by atoms with van der Waals surface area (Å²) in [7, 11) is 1.60. The van der Waals surface area contributed by atoms with E-state index < -0.39 is 0 Å². The van der Waals surface area contributed by atoms with E-state index in [1.807, 2.05) is 44.2 Å². The first-order chi connectivity index (χ1) is 13.1. The third-order valence-electron chi connectivity index (χ3n) is 3.95. The number of benzene rings is 1. The molecule has 0 spiro atoms. The van der Waals surface area contributed by atoms with Crippen molar-refractivity contribution in [1.82, 2.24) is 20.5 Å². The second-order valence-electron chi connectivity index (χ2n) is 6.50. The molecule has 27 heavy (non-hydrogen) atoms. The Morgan fingerprint density at radius 3 is 2.74 bits per heavy atom. The molecule has 8 nitrogen and oxygen atoms in total. The van der Waals surface area contributed by atoms with E-state index in [0.29, 0.717) is 12.4 Å². The molecule has 1 atom stereocenters. The summed E-state index contributed by atoms with van der Waals surface area (Å²) in [5.74, 6) is 1.18. The summed E-state index contributed by atoms with van der Waals surface area (Å²) in [6.07, 6.45) is 1.68. The lowest BCUT2D eigenvalue weighted by Gasteiger charge is -2.18.